The first kappa shape index (κ1) is 15.0. The first-order chi connectivity index (χ1) is 10.0. The number of benzene rings is 1. The van der Waals surface area contributed by atoms with Gasteiger partial charge < -0.3 is 5.73 Å². The van der Waals surface area contributed by atoms with E-state index in [2.05, 4.69) is 11.9 Å². The minimum atomic E-state index is -3.10. The second-order valence-electron chi connectivity index (χ2n) is 6.32. The largest absolute Gasteiger partial charge is 0.330 e. The van der Waals surface area contributed by atoms with Gasteiger partial charge in [0.25, 0.3) is 0 Å². The molecule has 1 fully saturated rings. The molecule has 21 heavy (non-hydrogen) atoms. The van der Waals surface area contributed by atoms with Crippen molar-refractivity contribution in [2.45, 2.75) is 42.7 Å². The van der Waals surface area contributed by atoms with Crippen LogP contribution in [0, 0.1) is 5.92 Å². The number of sulfone groups is 1. The van der Waals surface area contributed by atoms with E-state index in [0.29, 0.717) is 23.3 Å². The van der Waals surface area contributed by atoms with Gasteiger partial charge in [-0.15, -0.1) is 0 Å². The molecule has 4 nitrogen and oxygen atoms in total. The first-order valence-corrected chi connectivity index (χ1v) is 9.43. The zero-order valence-corrected chi connectivity index (χ0v) is 13.3. The topological polar surface area (TPSA) is 63.4 Å². The summed E-state index contributed by atoms with van der Waals surface area (Å²) in [5.74, 6) is 0.791. The third-order valence-corrected chi connectivity index (χ3v) is 7.02. The highest BCUT2D eigenvalue weighted by Crippen LogP contribution is 2.40. The molecule has 5 heteroatoms. The quantitative estimate of drug-likeness (QED) is 0.927. The molecule has 0 saturated heterocycles. The van der Waals surface area contributed by atoms with Crippen LogP contribution in [0.4, 0.5) is 0 Å². The molecule has 3 unspecified atom stereocenters. The summed E-state index contributed by atoms with van der Waals surface area (Å²) in [6, 6.07) is 8.15. The van der Waals surface area contributed by atoms with Gasteiger partial charge in [0.1, 0.15) is 0 Å². The van der Waals surface area contributed by atoms with Gasteiger partial charge in [0.2, 0.25) is 0 Å². The normalized spacial score (nSPS) is 31.3. The average molecular weight is 308 g/mol. The summed E-state index contributed by atoms with van der Waals surface area (Å²) in [7, 11) is -0.966. The molecule has 116 valence electrons. The zero-order chi connectivity index (χ0) is 15.0. The van der Waals surface area contributed by atoms with Gasteiger partial charge in [0.15, 0.2) is 9.84 Å². The summed E-state index contributed by atoms with van der Waals surface area (Å²) in [4.78, 5) is 2.91. The van der Waals surface area contributed by atoms with Crippen molar-refractivity contribution in [1.29, 1.82) is 0 Å². The zero-order valence-electron chi connectivity index (χ0n) is 12.5. The SMILES string of the molecule is CN(C1CCS(=O)(=O)c2ccccc21)C1CCCC1CN. The van der Waals surface area contributed by atoms with Crippen LogP contribution in [-0.4, -0.2) is 38.7 Å². The third-order valence-electron chi connectivity index (χ3n) is 5.21. The molecule has 1 aromatic rings. The molecular weight excluding hydrogens is 284 g/mol. The Bertz CT molecular complexity index is 614. The van der Waals surface area contributed by atoms with E-state index in [1.807, 2.05) is 18.2 Å². The van der Waals surface area contributed by atoms with Gasteiger partial charge in [-0.2, -0.15) is 0 Å². The van der Waals surface area contributed by atoms with E-state index in [4.69, 9.17) is 5.73 Å². The van der Waals surface area contributed by atoms with Crippen LogP contribution < -0.4 is 5.73 Å². The number of nitrogens with zero attached hydrogens (tertiary/aromatic N) is 1. The van der Waals surface area contributed by atoms with Crippen LogP contribution in [-0.2, 0) is 9.84 Å². The van der Waals surface area contributed by atoms with Crippen molar-refractivity contribution in [1.82, 2.24) is 4.90 Å². The molecule has 0 aromatic heterocycles. The number of fused-ring (bicyclic) bond motifs is 1. The Balaban J connectivity index is 1.93. The lowest BCUT2D eigenvalue weighted by molar-refractivity contribution is 0.136. The van der Waals surface area contributed by atoms with Gasteiger partial charge in [0.05, 0.1) is 10.6 Å². The highest BCUT2D eigenvalue weighted by atomic mass is 32.2. The highest BCUT2D eigenvalue weighted by Gasteiger charge is 2.37. The molecule has 0 spiro atoms. The van der Waals surface area contributed by atoms with Crippen LogP contribution >= 0.6 is 0 Å². The van der Waals surface area contributed by atoms with Crippen LogP contribution in [0.25, 0.3) is 0 Å². The van der Waals surface area contributed by atoms with Crippen LogP contribution in [0.3, 0.4) is 0 Å². The minimum Gasteiger partial charge on any atom is -0.330 e. The fourth-order valence-electron chi connectivity index (χ4n) is 4.05. The van der Waals surface area contributed by atoms with Crippen LogP contribution in [0.2, 0.25) is 0 Å². The van der Waals surface area contributed by atoms with E-state index in [9.17, 15) is 8.42 Å². The van der Waals surface area contributed by atoms with E-state index >= 15 is 0 Å². The van der Waals surface area contributed by atoms with E-state index in [0.717, 1.165) is 12.1 Å². The Morgan fingerprint density at radius 2 is 2.00 bits per heavy atom. The lowest BCUT2D eigenvalue weighted by Crippen LogP contribution is -2.42. The fraction of sp³-hybridized carbons (Fsp3) is 0.625. The summed E-state index contributed by atoms with van der Waals surface area (Å²) in [5, 5.41) is 0. The Morgan fingerprint density at radius 3 is 2.76 bits per heavy atom. The van der Waals surface area contributed by atoms with Crippen molar-refractivity contribution in [3.05, 3.63) is 29.8 Å². The summed E-state index contributed by atoms with van der Waals surface area (Å²) in [5.41, 5.74) is 6.87. The van der Waals surface area contributed by atoms with Crippen molar-refractivity contribution in [3.8, 4) is 0 Å². The van der Waals surface area contributed by atoms with E-state index in [1.165, 1.54) is 19.3 Å². The van der Waals surface area contributed by atoms with Crippen molar-refractivity contribution in [2.75, 3.05) is 19.3 Å². The fourth-order valence-corrected chi connectivity index (χ4v) is 5.66. The number of hydrogen-bond acceptors (Lipinski definition) is 4. The van der Waals surface area contributed by atoms with Gasteiger partial charge >= 0.3 is 0 Å². The number of nitrogens with two attached hydrogens (primary N) is 1. The Kier molecular flexibility index (Phi) is 4.08. The molecular formula is C16H24N2O2S. The second-order valence-corrected chi connectivity index (χ2v) is 8.40. The molecule has 3 atom stereocenters. The van der Waals surface area contributed by atoms with Crippen molar-refractivity contribution < 1.29 is 8.42 Å². The van der Waals surface area contributed by atoms with Gasteiger partial charge in [-0.25, -0.2) is 8.42 Å². The standard InChI is InChI=1S/C16H24N2O2S/c1-18(14-7-4-5-12(14)11-17)15-9-10-21(19,20)16-8-3-2-6-13(15)16/h2-3,6,8,12,14-15H,4-5,7,9-11,17H2,1H3. The maximum absolute atomic E-state index is 12.2. The minimum absolute atomic E-state index is 0.196. The first-order valence-electron chi connectivity index (χ1n) is 7.78. The molecule has 1 aliphatic carbocycles. The summed E-state index contributed by atoms with van der Waals surface area (Å²) in [6.07, 6.45) is 4.27. The maximum atomic E-state index is 12.2. The van der Waals surface area contributed by atoms with E-state index in [-0.39, 0.29) is 11.8 Å². The number of rotatable bonds is 3. The lowest BCUT2D eigenvalue weighted by Gasteiger charge is -2.38. The van der Waals surface area contributed by atoms with Crippen LogP contribution in [0.5, 0.6) is 0 Å². The summed E-state index contributed by atoms with van der Waals surface area (Å²) in [6.45, 7) is 0.724. The van der Waals surface area contributed by atoms with Gasteiger partial charge in [-0.3, -0.25) is 4.90 Å². The number of hydrogen-bond donors (Lipinski definition) is 1. The Morgan fingerprint density at radius 1 is 1.24 bits per heavy atom. The van der Waals surface area contributed by atoms with E-state index in [1.54, 1.807) is 6.07 Å². The average Bonchev–Trinajstić information content (AvgIpc) is 2.95. The van der Waals surface area contributed by atoms with Gasteiger partial charge in [-0.05, 0) is 50.4 Å². The Labute approximate surface area is 127 Å². The molecule has 2 aliphatic rings. The predicted molar refractivity (Wildman–Crippen MR) is 83.8 cm³/mol. The maximum Gasteiger partial charge on any atom is 0.178 e. The third kappa shape index (κ3) is 2.62. The van der Waals surface area contributed by atoms with Crippen LogP contribution in [0.15, 0.2) is 29.2 Å². The highest BCUT2D eigenvalue weighted by molar-refractivity contribution is 7.91. The van der Waals surface area contributed by atoms with Crippen molar-refractivity contribution in [3.63, 3.8) is 0 Å². The molecule has 1 saturated carbocycles. The smallest absolute Gasteiger partial charge is 0.178 e. The van der Waals surface area contributed by atoms with Crippen molar-refractivity contribution >= 4 is 9.84 Å². The molecule has 1 aromatic carbocycles. The molecule has 2 N–H and O–H groups in total. The molecule has 1 aliphatic heterocycles. The summed E-state index contributed by atoms with van der Waals surface area (Å²) >= 11 is 0. The van der Waals surface area contributed by atoms with Gasteiger partial charge in [0, 0.05) is 12.1 Å². The Hall–Kier alpha value is -0.910. The monoisotopic (exact) mass is 308 g/mol. The van der Waals surface area contributed by atoms with Gasteiger partial charge in [-0.1, -0.05) is 24.6 Å². The summed E-state index contributed by atoms with van der Waals surface area (Å²) < 4.78 is 24.5. The molecule has 3 rings (SSSR count). The molecule has 1 heterocycles. The van der Waals surface area contributed by atoms with Crippen LogP contribution in [0.1, 0.15) is 37.3 Å². The molecule has 0 amide bonds. The van der Waals surface area contributed by atoms with E-state index < -0.39 is 9.84 Å². The second kappa shape index (κ2) is 5.71. The molecule has 0 radical (unpaired) electrons. The lowest BCUT2D eigenvalue weighted by atomic mass is 9.96. The van der Waals surface area contributed by atoms with Crippen molar-refractivity contribution in [2.24, 2.45) is 11.7 Å². The molecule has 0 bridgehead atoms. The predicted octanol–water partition coefficient (Wildman–Crippen LogP) is 1.96.